The van der Waals surface area contributed by atoms with Crippen molar-refractivity contribution in [1.29, 1.82) is 0 Å². The molecule has 0 radical (unpaired) electrons. The van der Waals surface area contributed by atoms with Gasteiger partial charge in [-0.25, -0.2) is 0 Å². The lowest BCUT2D eigenvalue weighted by Gasteiger charge is -2.16. The van der Waals surface area contributed by atoms with Gasteiger partial charge < -0.3 is 5.73 Å². The van der Waals surface area contributed by atoms with Crippen molar-refractivity contribution in [3.63, 3.8) is 0 Å². The van der Waals surface area contributed by atoms with E-state index in [1.807, 2.05) is 28.8 Å². The van der Waals surface area contributed by atoms with Crippen molar-refractivity contribution in [2.45, 2.75) is 31.8 Å². The first-order valence-corrected chi connectivity index (χ1v) is 9.48. The molecule has 1 heterocycles. The molecule has 5 nitrogen and oxygen atoms in total. The van der Waals surface area contributed by atoms with Crippen molar-refractivity contribution in [2.24, 2.45) is 5.73 Å². The number of primary amides is 1. The summed E-state index contributed by atoms with van der Waals surface area (Å²) in [6.07, 6.45) is 0. The number of hydrogen-bond donors (Lipinski definition) is 1. The number of benzene rings is 2. The number of nitrogens with two attached hydrogens (primary N) is 1. The summed E-state index contributed by atoms with van der Waals surface area (Å²) in [6, 6.07) is 16.4. The summed E-state index contributed by atoms with van der Waals surface area (Å²) in [4.78, 5) is 11.3. The van der Waals surface area contributed by atoms with Gasteiger partial charge in [0.25, 0.3) is 0 Å². The number of carbonyl (C=O) groups excluding carboxylic acids is 1. The molecular formula is C20H22N4OS. The molecule has 1 amide bonds. The van der Waals surface area contributed by atoms with Crippen molar-refractivity contribution < 1.29 is 4.79 Å². The highest BCUT2D eigenvalue weighted by molar-refractivity contribution is 7.99. The predicted octanol–water partition coefficient (Wildman–Crippen LogP) is 3.94. The Morgan fingerprint density at radius 3 is 2.46 bits per heavy atom. The third-order valence-corrected chi connectivity index (χ3v) is 5.04. The van der Waals surface area contributed by atoms with E-state index in [-0.39, 0.29) is 11.7 Å². The Labute approximate surface area is 157 Å². The molecule has 3 rings (SSSR count). The number of nitrogens with zero attached hydrogens (tertiary/aromatic N) is 3. The highest BCUT2D eigenvalue weighted by Crippen LogP contribution is 2.32. The first-order chi connectivity index (χ1) is 12.5. The number of hydrogen-bond acceptors (Lipinski definition) is 4. The van der Waals surface area contributed by atoms with Crippen LogP contribution in [-0.2, 0) is 4.79 Å². The Kier molecular flexibility index (Phi) is 5.42. The molecule has 1 aromatic heterocycles. The molecule has 26 heavy (non-hydrogen) atoms. The normalized spacial score (nSPS) is 11.1. The predicted molar refractivity (Wildman–Crippen MR) is 106 cm³/mol. The average Bonchev–Trinajstić information content (AvgIpc) is 3.04. The highest BCUT2D eigenvalue weighted by Gasteiger charge is 2.19. The second-order valence-corrected chi connectivity index (χ2v) is 7.42. The first kappa shape index (κ1) is 18.2. The number of rotatable bonds is 6. The Morgan fingerprint density at radius 1 is 1.12 bits per heavy atom. The van der Waals surface area contributed by atoms with E-state index in [9.17, 15) is 4.79 Å². The van der Waals surface area contributed by atoms with Crippen LogP contribution in [-0.4, -0.2) is 26.4 Å². The lowest BCUT2D eigenvalue weighted by atomic mass is 10.0. The Morgan fingerprint density at radius 2 is 1.81 bits per heavy atom. The molecule has 0 aliphatic carbocycles. The number of aromatic nitrogens is 3. The Bertz CT molecular complexity index is 916. The van der Waals surface area contributed by atoms with Crippen LogP contribution in [0.15, 0.2) is 53.7 Å². The summed E-state index contributed by atoms with van der Waals surface area (Å²) in [5.41, 5.74) is 9.71. The van der Waals surface area contributed by atoms with Gasteiger partial charge >= 0.3 is 0 Å². The highest BCUT2D eigenvalue weighted by atomic mass is 32.2. The quantitative estimate of drug-likeness (QED) is 0.671. The smallest absolute Gasteiger partial charge is 0.227 e. The molecule has 3 aromatic rings. The van der Waals surface area contributed by atoms with Gasteiger partial charge in [0.05, 0.1) is 11.4 Å². The Hall–Kier alpha value is -2.60. The van der Waals surface area contributed by atoms with Crippen LogP contribution >= 0.6 is 11.8 Å². The van der Waals surface area contributed by atoms with E-state index in [0.717, 1.165) is 17.1 Å². The van der Waals surface area contributed by atoms with E-state index in [1.165, 1.54) is 22.9 Å². The van der Waals surface area contributed by atoms with Gasteiger partial charge in [-0.3, -0.25) is 9.36 Å². The molecule has 2 aromatic carbocycles. The van der Waals surface area contributed by atoms with Gasteiger partial charge in [0.15, 0.2) is 11.0 Å². The maximum Gasteiger partial charge on any atom is 0.227 e. The maximum absolute atomic E-state index is 11.3. The fraction of sp³-hybridized carbons (Fsp3) is 0.250. The van der Waals surface area contributed by atoms with Crippen LogP contribution in [0.2, 0.25) is 0 Å². The van der Waals surface area contributed by atoms with E-state index in [2.05, 4.69) is 55.2 Å². The number of amides is 1. The topological polar surface area (TPSA) is 73.8 Å². The van der Waals surface area contributed by atoms with Gasteiger partial charge in [-0.2, -0.15) is 0 Å². The zero-order valence-electron chi connectivity index (χ0n) is 15.1. The van der Waals surface area contributed by atoms with Gasteiger partial charge in [-0.15, -0.1) is 10.2 Å². The van der Waals surface area contributed by atoms with Crippen LogP contribution in [0.3, 0.4) is 0 Å². The van der Waals surface area contributed by atoms with Crippen molar-refractivity contribution in [1.82, 2.24) is 14.8 Å². The number of carbonyl (C=O) groups is 1. The van der Waals surface area contributed by atoms with Crippen molar-refractivity contribution in [3.05, 3.63) is 59.7 Å². The number of aryl methyl sites for hydroxylation is 1. The molecule has 0 aliphatic heterocycles. The summed E-state index contributed by atoms with van der Waals surface area (Å²) in [6.45, 7) is 6.37. The summed E-state index contributed by atoms with van der Waals surface area (Å²) < 4.78 is 2.02. The molecular weight excluding hydrogens is 344 g/mol. The van der Waals surface area contributed by atoms with Crippen LogP contribution in [0.4, 0.5) is 0 Å². The van der Waals surface area contributed by atoms with Crippen LogP contribution in [0.5, 0.6) is 0 Å². The fourth-order valence-electron chi connectivity index (χ4n) is 2.79. The van der Waals surface area contributed by atoms with Crippen LogP contribution in [0.1, 0.15) is 30.9 Å². The minimum Gasteiger partial charge on any atom is -0.369 e. The van der Waals surface area contributed by atoms with E-state index < -0.39 is 0 Å². The summed E-state index contributed by atoms with van der Waals surface area (Å²) in [7, 11) is 0. The zero-order chi connectivity index (χ0) is 18.7. The summed E-state index contributed by atoms with van der Waals surface area (Å²) in [5.74, 6) is 0.882. The van der Waals surface area contributed by atoms with Gasteiger partial charge in [0.2, 0.25) is 5.91 Å². The minimum atomic E-state index is -0.376. The molecule has 0 bridgehead atoms. The second kappa shape index (κ2) is 7.74. The van der Waals surface area contributed by atoms with Crippen LogP contribution < -0.4 is 5.73 Å². The maximum atomic E-state index is 11.3. The number of thioether (sulfide) groups is 1. The van der Waals surface area contributed by atoms with Crippen molar-refractivity contribution in [3.8, 4) is 17.1 Å². The third-order valence-electron chi connectivity index (χ3n) is 4.09. The molecule has 0 atom stereocenters. The molecule has 134 valence electrons. The van der Waals surface area contributed by atoms with E-state index >= 15 is 0 Å². The van der Waals surface area contributed by atoms with E-state index in [1.54, 1.807) is 0 Å². The van der Waals surface area contributed by atoms with Gasteiger partial charge in [-0.1, -0.05) is 73.6 Å². The third kappa shape index (κ3) is 3.80. The molecule has 6 heteroatoms. The lowest BCUT2D eigenvalue weighted by molar-refractivity contribution is -0.115. The molecule has 0 fully saturated rings. The lowest BCUT2D eigenvalue weighted by Crippen LogP contribution is -2.14. The van der Waals surface area contributed by atoms with Gasteiger partial charge in [-0.05, 0) is 24.5 Å². The number of para-hydroxylation sites is 1. The standard InChI is InChI=1S/C20H22N4OS/c1-13(2)16-6-4-5-7-17(16)24-19(15-10-8-14(3)9-11-15)22-23-20(24)26-12-18(21)25/h4-11,13H,12H2,1-3H3,(H2,21,25). The largest absolute Gasteiger partial charge is 0.369 e. The van der Waals surface area contributed by atoms with Gasteiger partial charge in [0.1, 0.15) is 0 Å². The van der Waals surface area contributed by atoms with Crippen LogP contribution in [0.25, 0.3) is 17.1 Å². The van der Waals surface area contributed by atoms with Crippen molar-refractivity contribution >= 4 is 17.7 Å². The fourth-order valence-corrected chi connectivity index (χ4v) is 3.47. The van der Waals surface area contributed by atoms with Crippen LogP contribution in [0, 0.1) is 6.92 Å². The molecule has 0 aliphatic rings. The average molecular weight is 366 g/mol. The van der Waals surface area contributed by atoms with Gasteiger partial charge in [0, 0.05) is 5.56 Å². The monoisotopic (exact) mass is 366 g/mol. The summed E-state index contributed by atoms with van der Waals surface area (Å²) >= 11 is 1.30. The summed E-state index contributed by atoms with van der Waals surface area (Å²) in [5, 5.41) is 9.40. The zero-order valence-corrected chi connectivity index (χ0v) is 16.0. The van der Waals surface area contributed by atoms with E-state index in [0.29, 0.717) is 11.1 Å². The molecule has 0 unspecified atom stereocenters. The molecule has 0 saturated heterocycles. The SMILES string of the molecule is Cc1ccc(-c2nnc(SCC(N)=O)n2-c2ccccc2C(C)C)cc1. The molecule has 2 N–H and O–H groups in total. The van der Waals surface area contributed by atoms with E-state index in [4.69, 9.17) is 5.73 Å². The second-order valence-electron chi connectivity index (χ2n) is 6.48. The minimum absolute atomic E-state index is 0.163. The first-order valence-electron chi connectivity index (χ1n) is 8.50. The van der Waals surface area contributed by atoms with Crippen molar-refractivity contribution in [2.75, 3.05) is 5.75 Å². The molecule has 0 spiro atoms. The molecule has 0 saturated carbocycles. The Balaban J connectivity index is 2.18.